The van der Waals surface area contributed by atoms with Gasteiger partial charge in [0.2, 0.25) is 5.91 Å². The van der Waals surface area contributed by atoms with Crippen LogP contribution in [0.4, 0.5) is 8.78 Å². The number of nitrogens with zero attached hydrogens (tertiary/aromatic N) is 1. The lowest BCUT2D eigenvalue weighted by atomic mass is 10.1. The van der Waals surface area contributed by atoms with Gasteiger partial charge in [-0.3, -0.25) is 10.1 Å². The number of halogens is 2. The molecule has 1 unspecified atom stereocenters. The maximum absolute atomic E-state index is 13.4. The summed E-state index contributed by atoms with van der Waals surface area (Å²) in [6, 6.07) is 3.83. The maximum atomic E-state index is 13.4. The van der Waals surface area contributed by atoms with E-state index < -0.39 is 17.2 Å². The minimum atomic E-state index is -0.877. The van der Waals surface area contributed by atoms with Gasteiger partial charge in [0.15, 0.2) is 11.6 Å². The second-order valence-electron chi connectivity index (χ2n) is 5.29. The third-order valence-electron chi connectivity index (χ3n) is 3.94. The van der Waals surface area contributed by atoms with E-state index in [1.54, 1.807) is 16.7 Å². The molecule has 2 aliphatic rings. The molecule has 1 aliphatic heterocycles. The first-order valence-corrected chi connectivity index (χ1v) is 7.99. The van der Waals surface area contributed by atoms with Gasteiger partial charge in [0, 0.05) is 12.3 Å². The van der Waals surface area contributed by atoms with Crippen molar-refractivity contribution in [2.75, 3.05) is 18.6 Å². The standard InChI is InChI=1S/C14H16F2N2OS/c1-20-7-6-18-12(17-14(4-5-14)13(18)19)9-2-3-10(15)11(16)8-9/h2-3,8,12,17H,4-7H2,1H3. The third kappa shape index (κ3) is 2.20. The molecule has 1 atom stereocenters. The first-order chi connectivity index (χ1) is 9.57. The van der Waals surface area contributed by atoms with Crippen LogP contribution in [0, 0.1) is 11.6 Å². The average molecular weight is 298 g/mol. The molecule has 2 fully saturated rings. The number of carbonyl (C=O) groups is 1. The summed E-state index contributed by atoms with van der Waals surface area (Å²) >= 11 is 1.66. The Balaban J connectivity index is 1.89. The van der Waals surface area contributed by atoms with Crippen LogP contribution in [0.3, 0.4) is 0 Å². The molecular formula is C14H16F2N2OS. The Morgan fingerprint density at radius 1 is 1.40 bits per heavy atom. The number of benzene rings is 1. The summed E-state index contributed by atoms with van der Waals surface area (Å²) in [5.41, 5.74) is 0.149. The molecule has 0 radical (unpaired) electrons. The number of carbonyl (C=O) groups excluding carboxylic acids is 1. The molecule has 1 saturated carbocycles. The zero-order valence-corrected chi connectivity index (χ0v) is 12.0. The highest BCUT2D eigenvalue weighted by atomic mass is 32.2. The van der Waals surface area contributed by atoms with Crippen LogP contribution in [0.1, 0.15) is 24.6 Å². The molecule has 1 heterocycles. The van der Waals surface area contributed by atoms with E-state index in [4.69, 9.17) is 0 Å². The van der Waals surface area contributed by atoms with Gasteiger partial charge in [-0.25, -0.2) is 8.78 Å². The Hall–Kier alpha value is -1.14. The molecule has 1 aromatic rings. The molecule has 1 aliphatic carbocycles. The average Bonchev–Trinajstić information content (AvgIpc) is 3.16. The predicted octanol–water partition coefficient (Wildman–Crippen LogP) is 2.29. The number of nitrogens with one attached hydrogen (secondary N) is 1. The summed E-state index contributed by atoms with van der Waals surface area (Å²) in [5.74, 6) is -0.835. The molecule has 20 heavy (non-hydrogen) atoms. The van der Waals surface area contributed by atoms with E-state index in [1.807, 2.05) is 6.26 Å². The van der Waals surface area contributed by atoms with Crippen molar-refractivity contribution in [3.05, 3.63) is 35.4 Å². The van der Waals surface area contributed by atoms with E-state index in [9.17, 15) is 13.6 Å². The largest absolute Gasteiger partial charge is 0.320 e. The van der Waals surface area contributed by atoms with Gasteiger partial charge < -0.3 is 4.90 Å². The van der Waals surface area contributed by atoms with Gasteiger partial charge in [-0.1, -0.05) is 6.07 Å². The minimum absolute atomic E-state index is 0.0845. The third-order valence-corrected chi connectivity index (χ3v) is 4.53. The lowest BCUT2D eigenvalue weighted by molar-refractivity contribution is -0.130. The highest BCUT2D eigenvalue weighted by Gasteiger charge is 2.59. The second kappa shape index (κ2) is 5.00. The molecule has 108 valence electrons. The molecule has 3 rings (SSSR count). The van der Waals surface area contributed by atoms with E-state index >= 15 is 0 Å². The van der Waals surface area contributed by atoms with Crippen molar-refractivity contribution < 1.29 is 13.6 Å². The van der Waals surface area contributed by atoms with Crippen LogP contribution in [0.25, 0.3) is 0 Å². The number of thioether (sulfide) groups is 1. The van der Waals surface area contributed by atoms with Crippen molar-refractivity contribution in [2.24, 2.45) is 0 Å². The monoisotopic (exact) mass is 298 g/mol. The van der Waals surface area contributed by atoms with E-state index in [0.29, 0.717) is 12.1 Å². The van der Waals surface area contributed by atoms with Gasteiger partial charge in [-0.05, 0) is 36.8 Å². The lowest BCUT2D eigenvalue weighted by Gasteiger charge is -2.24. The summed E-state index contributed by atoms with van der Waals surface area (Å²) in [6.07, 6.45) is 3.27. The first-order valence-electron chi connectivity index (χ1n) is 6.60. The number of hydrogen-bond donors (Lipinski definition) is 1. The zero-order valence-electron chi connectivity index (χ0n) is 11.2. The molecule has 1 spiro atoms. The van der Waals surface area contributed by atoms with Gasteiger partial charge in [0.05, 0.1) is 0 Å². The Kier molecular flexibility index (Phi) is 3.46. The van der Waals surface area contributed by atoms with Crippen molar-refractivity contribution in [1.82, 2.24) is 10.2 Å². The lowest BCUT2D eigenvalue weighted by Crippen LogP contribution is -2.33. The van der Waals surface area contributed by atoms with Crippen molar-refractivity contribution in [3.8, 4) is 0 Å². The highest BCUT2D eigenvalue weighted by Crippen LogP contribution is 2.45. The summed E-state index contributed by atoms with van der Waals surface area (Å²) < 4.78 is 26.5. The smallest absolute Gasteiger partial charge is 0.244 e. The molecule has 1 aromatic carbocycles. The van der Waals surface area contributed by atoms with E-state index in [1.165, 1.54) is 12.1 Å². The quantitative estimate of drug-likeness (QED) is 0.925. The Morgan fingerprint density at radius 2 is 2.15 bits per heavy atom. The molecule has 0 bridgehead atoms. The van der Waals surface area contributed by atoms with Crippen LogP contribution in [0.2, 0.25) is 0 Å². The minimum Gasteiger partial charge on any atom is -0.320 e. The van der Waals surface area contributed by atoms with Crippen LogP contribution in [-0.4, -0.2) is 34.9 Å². The fraction of sp³-hybridized carbons (Fsp3) is 0.500. The Labute approximate surface area is 120 Å². The van der Waals surface area contributed by atoms with Crippen LogP contribution >= 0.6 is 11.8 Å². The summed E-state index contributed by atoms with van der Waals surface area (Å²) in [4.78, 5) is 14.2. The zero-order chi connectivity index (χ0) is 14.3. The molecule has 1 amide bonds. The fourth-order valence-corrected chi connectivity index (χ4v) is 3.02. The van der Waals surface area contributed by atoms with Crippen molar-refractivity contribution in [3.63, 3.8) is 0 Å². The summed E-state index contributed by atoms with van der Waals surface area (Å²) in [6.45, 7) is 0.610. The predicted molar refractivity (Wildman–Crippen MR) is 74.3 cm³/mol. The van der Waals surface area contributed by atoms with Gasteiger partial charge in [-0.15, -0.1) is 0 Å². The van der Waals surface area contributed by atoms with E-state index in [2.05, 4.69) is 5.32 Å². The Bertz CT molecular complexity index is 548. The van der Waals surface area contributed by atoms with E-state index in [0.717, 1.165) is 24.7 Å². The van der Waals surface area contributed by atoms with Crippen LogP contribution < -0.4 is 5.32 Å². The van der Waals surface area contributed by atoms with Gasteiger partial charge >= 0.3 is 0 Å². The van der Waals surface area contributed by atoms with Gasteiger partial charge in [-0.2, -0.15) is 11.8 Å². The van der Waals surface area contributed by atoms with Crippen LogP contribution in [0.15, 0.2) is 18.2 Å². The van der Waals surface area contributed by atoms with Crippen LogP contribution in [0.5, 0.6) is 0 Å². The number of hydrogen-bond acceptors (Lipinski definition) is 3. The van der Waals surface area contributed by atoms with Crippen molar-refractivity contribution in [1.29, 1.82) is 0 Å². The highest BCUT2D eigenvalue weighted by molar-refractivity contribution is 7.98. The SMILES string of the molecule is CSCCN1C(=O)C2(CC2)NC1c1ccc(F)c(F)c1. The number of rotatable bonds is 4. The van der Waals surface area contributed by atoms with Crippen molar-refractivity contribution >= 4 is 17.7 Å². The summed E-state index contributed by atoms with van der Waals surface area (Å²) in [5, 5.41) is 3.29. The molecule has 3 nitrogen and oxygen atoms in total. The topological polar surface area (TPSA) is 32.3 Å². The molecule has 1 saturated heterocycles. The number of amides is 1. The van der Waals surface area contributed by atoms with Gasteiger partial charge in [0.1, 0.15) is 11.7 Å². The molecular weight excluding hydrogens is 282 g/mol. The van der Waals surface area contributed by atoms with Gasteiger partial charge in [0.25, 0.3) is 0 Å². The summed E-state index contributed by atoms with van der Waals surface area (Å²) in [7, 11) is 0. The molecule has 1 N–H and O–H groups in total. The van der Waals surface area contributed by atoms with E-state index in [-0.39, 0.29) is 12.1 Å². The first kappa shape index (κ1) is 13.8. The molecule has 0 aromatic heterocycles. The normalized spacial score (nSPS) is 23.6. The maximum Gasteiger partial charge on any atom is 0.244 e. The second-order valence-corrected chi connectivity index (χ2v) is 6.28. The van der Waals surface area contributed by atoms with Crippen LogP contribution in [-0.2, 0) is 4.79 Å². The fourth-order valence-electron chi connectivity index (χ4n) is 2.64. The van der Waals surface area contributed by atoms with Crippen molar-refractivity contribution in [2.45, 2.75) is 24.5 Å². The Morgan fingerprint density at radius 3 is 2.75 bits per heavy atom. The molecule has 6 heteroatoms.